The number of para-hydroxylation sites is 1. The Hall–Kier alpha value is -3.67. The Bertz CT molecular complexity index is 969. The van der Waals surface area contributed by atoms with Gasteiger partial charge in [-0.15, -0.1) is 0 Å². The summed E-state index contributed by atoms with van der Waals surface area (Å²) in [5.74, 6) is -0.0205. The van der Waals surface area contributed by atoms with Crippen molar-refractivity contribution >= 4 is 17.7 Å². The summed E-state index contributed by atoms with van der Waals surface area (Å²) in [6, 6.07) is 9.24. The molecule has 1 amide bonds. The third kappa shape index (κ3) is 5.23. The summed E-state index contributed by atoms with van der Waals surface area (Å²) >= 11 is 0. The molecular weight excluding hydrogens is 401 g/mol. The lowest BCUT2D eigenvalue weighted by Crippen LogP contribution is -2.17. The monoisotopic (exact) mass is 420 g/mol. The zero-order valence-electron chi connectivity index (χ0n) is 16.5. The van der Waals surface area contributed by atoms with Crippen LogP contribution in [-0.4, -0.2) is 26.7 Å². The lowest BCUT2D eigenvalue weighted by molar-refractivity contribution is -0.137. The molecule has 30 heavy (non-hydrogen) atoms. The molecule has 0 spiro atoms. The molecule has 0 saturated carbocycles. The second-order valence-corrected chi connectivity index (χ2v) is 5.85. The molecule has 6 nitrogen and oxygen atoms in total. The molecule has 0 saturated heterocycles. The average Bonchev–Trinajstić information content (AvgIpc) is 2.72. The van der Waals surface area contributed by atoms with Gasteiger partial charge in [0.05, 0.1) is 32.1 Å². The predicted molar refractivity (Wildman–Crippen MR) is 104 cm³/mol. The Balaban J connectivity index is 2.41. The number of nitrogens with zero attached hydrogens (tertiary/aromatic N) is 1. The highest BCUT2D eigenvalue weighted by atomic mass is 19.4. The summed E-state index contributed by atoms with van der Waals surface area (Å²) in [6.45, 7) is 2.13. The summed E-state index contributed by atoms with van der Waals surface area (Å²) in [4.78, 5) is 12.4. The van der Waals surface area contributed by atoms with Gasteiger partial charge >= 0.3 is 6.18 Å². The van der Waals surface area contributed by atoms with Gasteiger partial charge in [0.1, 0.15) is 11.6 Å². The summed E-state index contributed by atoms with van der Waals surface area (Å²) in [7, 11) is 2.83. The normalized spacial score (nSPS) is 11.4. The van der Waals surface area contributed by atoms with Gasteiger partial charge < -0.3 is 19.5 Å². The van der Waals surface area contributed by atoms with Crippen molar-refractivity contribution in [2.45, 2.75) is 13.1 Å². The predicted octanol–water partition coefficient (Wildman–Crippen LogP) is 4.67. The number of hydrogen-bond donors (Lipinski definition) is 1. The molecule has 1 N–H and O–H groups in total. The Morgan fingerprint density at radius 2 is 1.77 bits per heavy atom. The van der Waals surface area contributed by atoms with Crippen LogP contribution >= 0.6 is 0 Å². The molecule has 2 aromatic carbocycles. The fourth-order valence-corrected chi connectivity index (χ4v) is 2.61. The first kappa shape index (κ1) is 22.6. The van der Waals surface area contributed by atoms with Crippen LogP contribution < -0.4 is 19.5 Å². The van der Waals surface area contributed by atoms with E-state index in [0.29, 0.717) is 29.4 Å². The standard InChI is InChI=1S/C21H19F3N2O4/c1-4-30-19-17(28-2)10-13(11-18(19)29-3)9-14(12-25)20(27)26-16-8-6-5-7-15(16)21(22,23)24/h5-11H,4H2,1-3H3,(H,26,27)/b14-9+. The van der Waals surface area contributed by atoms with Crippen molar-refractivity contribution in [2.24, 2.45) is 0 Å². The molecule has 0 fully saturated rings. The molecule has 0 heterocycles. The number of carbonyl (C=O) groups is 1. The first-order valence-electron chi connectivity index (χ1n) is 8.73. The highest BCUT2D eigenvalue weighted by Gasteiger charge is 2.33. The van der Waals surface area contributed by atoms with Gasteiger partial charge in [0.2, 0.25) is 5.75 Å². The fraction of sp³-hybridized carbons (Fsp3) is 0.238. The smallest absolute Gasteiger partial charge is 0.418 e. The summed E-state index contributed by atoms with van der Waals surface area (Å²) in [5.41, 5.74) is -1.50. The van der Waals surface area contributed by atoms with Crippen molar-refractivity contribution < 1.29 is 32.2 Å². The summed E-state index contributed by atoms with van der Waals surface area (Å²) in [6.07, 6.45) is -3.44. The number of hydrogen-bond acceptors (Lipinski definition) is 5. The van der Waals surface area contributed by atoms with E-state index in [4.69, 9.17) is 14.2 Å². The van der Waals surface area contributed by atoms with Crippen molar-refractivity contribution in [3.8, 4) is 23.3 Å². The number of methoxy groups -OCH3 is 2. The van der Waals surface area contributed by atoms with Crippen LogP contribution in [-0.2, 0) is 11.0 Å². The Morgan fingerprint density at radius 1 is 1.17 bits per heavy atom. The molecule has 0 atom stereocenters. The van der Waals surface area contributed by atoms with Crippen molar-refractivity contribution in [1.29, 1.82) is 5.26 Å². The molecule has 2 aromatic rings. The maximum Gasteiger partial charge on any atom is 0.418 e. The van der Waals surface area contributed by atoms with Crippen LogP contribution in [0, 0.1) is 11.3 Å². The largest absolute Gasteiger partial charge is 0.493 e. The van der Waals surface area contributed by atoms with Gasteiger partial charge in [-0.3, -0.25) is 4.79 Å². The summed E-state index contributed by atoms with van der Waals surface area (Å²) in [5, 5.41) is 11.5. The highest BCUT2D eigenvalue weighted by Crippen LogP contribution is 2.39. The van der Waals surface area contributed by atoms with E-state index in [1.807, 2.05) is 0 Å². The Labute approximate surface area is 171 Å². The molecule has 158 valence electrons. The molecule has 0 unspecified atom stereocenters. The number of ether oxygens (including phenoxy) is 3. The second-order valence-electron chi connectivity index (χ2n) is 5.85. The van der Waals surface area contributed by atoms with E-state index in [1.54, 1.807) is 13.0 Å². The number of benzene rings is 2. The molecule has 0 bridgehead atoms. The van der Waals surface area contributed by atoms with E-state index in [9.17, 15) is 23.2 Å². The minimum Gasteiger partial charge on any atom is -0.493 e. The molecule has 0 aromatic heterocycles. The lowest BCUT2D eigenvalue weighted by Gasteiger charge is -2.15. The van der Waals surface area contributed by atoms with E-state index in [-0.39, 0.29) is 0 Å². The van der Waals surface area contributed by atoms with Gasteiger partial charge in [-0.1, -0.05) is 12.1 Å². The zero-order valence-corrected chi connectivity index (χ0v) is 16.5. The van der Waals surface area contributed by atoms with Crippen molar-refractivity contribution in [3.05, 3.63) is 53.1 Å². The van der Waals surface area contributed by atoms with Crippen LogP contribution in [0.1, 0.15) is 18.1 Å². The van der Waals surface area contributed by atoms with Crippen molar-refractivity contribution in [3.63, 3.8) is 0 Å². The van der Waals surface area contributed by atoms with Gasteiger partial charge in [-0.2, -0.15) is 18.4 Å². The number of halogens is 3. The van der Waals surface area contributed by atoms with Crippen LogP contribution in [0.3, 0.4) is 0 Å². The van der Waals surface area contributed by atoms with Gasteiger partial charge in [0.25, 0.3) is 5.91 Å². The molecule has 2 rings (SSSR count). The molecule has 0 aliphatic rings. The number of alkyl halides is 3. The van der Waals surface area contributed by atoms with Gasteiger partial charge in [0.15, 0.2) is 11.5 Å². The molecule has 0 aliphatic heterocycles. The number of anilines is 1. The van der Waals surface area contributed by atoms with E-state index in [1.165, 1.54) is 44.6 Å². The van der Waals surface area contributed by atoms with Crippen LogP contribution in [0.25, 0.3) is 6.08 Å². The third-order valence-electron chi connectivity index (χ3n) is 3.93. The number of amides is 1. The van der Waals surface area contributed by atoms with Gasteiger partial charge in [-0.05, 0) is 42.8 Å². The highest BCUT2D eigenvalue weighted by molar-refractivity contribution is 6.10. The topological polar surface area (TPSA) is 80.6 Å². The van der Waals surface area contributed by atoms with Gasteiger partial charge in [-0.25, -0.2) is 0 Å². The third-order valence-corrected chi connectivity index (χ3v) is 3.93. The van der Waals surface area contributed by atoms with Gasteiger partial charge in [0, 0.05) is 0 Å². The Kier molecular flexibility index (Phi) is 7.31. The minimum atomic E-state index is -4.66. The maximum atomic E-state index is 13.1. The molecule has 9 heteroatoms. The van der Waals surface area contributed by atoms with Crippen LogP contribution in [0.4, 0.5) is 18.9 Å². The van der Waals surface area contributed by atoms with E-state index in [2.05, 4.69) is 5.32 Å². The molecule has 0 aliphatic carbocycles. The van der Waals surface area contributed by atoms with Crippen molar-refractivity contribution in [2.75, 3.05) is 26.1 Å². The maximum absolute atomic E-state index is 13.1. The molecule has 0 radical (unpaired) electrons. The SMILES string of the molecule is CCOc1c(OC)cc(/C=C(\C#N)C(=O)Nc2ccccc2C(F)(F)F)cc1OC. The Morgan fingerprint density at radius 3 is 2.27 bits per heavy atom. The lowest BCUT2D eigenvalue weighted by atomic mass is 10.1. The molecular formula is C21H19F3N2O4. The second kappa shape index (κ2) is 9.69. The average molecular weight is 420 g/mol. The van der Waals surface area contributed by atoms with Crippen LogP contribution in [0.5, 0.6) is 17.2 Å². The zero-order chi connectivity index (χ0) is 22.3. The minimum absolute atomic E-state index is 0.308. The number of carbonyl (C=O) groups excluding carboxylic acids is 1. The van der Waals surface area contributed by atoms with E-state index >= 15 is 0 Å². The quantitative estimate of drug-likeness (QED) is 0.520. The first-order valence-corrected chi connectivity index (χ1v) is 8.73. The summed E-state index contributed by atoms with van der Waals surface area (Å²) < 4.78 is 55.4. The first-order chi connectivity index (χ1) is 14.2. The number of nitrogens with one attached hydrogen (secondary N) is 1. The fourth-order valence-electron chi connectivity index (χ4n) is 2.61. The van der Waals surface area contributed by atoms with E-state index < -0.39 is 28.9 Å². The van der Waals surface area contributed by atoms with Crippen LogP contribution in [0.15, 0.2) is 42.0 Å². The van der Waals surface area contributed by atoms with E-state index in [0.717, 1.165) is 12.1 Å². The number of nitriles is 1. The van der Waals surface area contributed by atoms with Crippen LogP contribution in [0.2, 0.25) is 0 Å². The van der Waals surface area contributed by atoms with Crippen molar-refractivity contribution in [1.82, 2.24) is 0 Å². The number of rotatable bonds is 7.